The third-order valence-corrected chi connectivity index (χ3v) is 4.28. The van der Waals surface area contributed by atoms with Crippen LogP contribution >= 0.6 is 0 Å². The maximum Gasteiger partial charge on any atom is 0.431 e. The van der Waals surface area contributed by atoms with Gasteiger partial charge in [-0.2, -0.15) is 52.0 Å². The van der Waals surface area contributed by atoms with E-state index in [1.807, 2.05) is 0 Å². The molecular weight excluding hydrogens is 494 g/mol. The molecule has 0 fully saturated rings. The van der Waals surface area contributed by atoms with Gasteiger partial charge in [-0.15, -0.1) is 3.63 Å². The fourth-order valence-electron chi connectivity index (χ4n) is 0.926. The highest BCUT2D eigenvalue weighted by Crippen LogP contribution is 2.37. The van der Waals surface area contributed by atoms with E-state index in [1.165, 1.54) is 0 Å². The number of carbonyl (C=O) groups is 1. The minimum atomic E-state index is -6.74. The summed E-state index contributed by atoms with van der Waals surface area (Å²) in [6, 6.07) is 0. The third-order valence-electron chi connectivity index (χ3n) is 1.98. The van der Waals surface area contributed by atoms with Crippen LogP contribution < -0.4 is 0 Å². The van der Waals surface area contributed by atoms with Crippen LogP contribution in [0, 0.1) is 0 Å². The highest BCUT2D eigenvalue weighted by molar-refractivity contribution is 7.98. The molecular formula is C8H8F10O9S2. The average Bonchev–Trinajstić information content (AvgIpc) is 2.39. The zero-order valence-corrected chi connectivity index (χ0v) is 14.7. The quantitative estimate of drug-likeness (QED) is 0.313. The van der Waals surface area contributed by atoms with E-state index >= 15 is 0 Å². The molecule has 0 aromatic heterocycles. The molecule has 0 aliphatic rings. The SMILES string of the molecule is CC(=O)OC(C(F)F)C(F)(F)F.O=S(=O)(O)OS(=O)(=O)C(F)(F)C(O)C(F)(F)F. The van der Waals surface area contributed by atoms with Gasteiger partial charge in [-0.05, 0) is 0 Å². The number of rotatable bonds is 6. The molecule has 176 valence electrons. The van der Waals surface area contributed by atoms with Crippen LogP contribution in [0.3, 0.4) is 0 Å². The number of aliphatic hydroxyl groups is 1. The van der Waals surface area contributed by atoms with Crippen LogP contribution in [0.15, 0.2) is 0 Å². The Morgan fingerprint density at radius 1 is 0.897 bits per heavy atom. The Morgan fingerprint density at radius 2 is 1.28 bits per heavy atom. The molecule has 2 atom stereocenters. The molecule has 0 saturated heterocycles. The largest absolute Gasteiger partial charge is 0.447 e. The molecule has 0 aliphatic heterocycles. The minimum absolute atomic E-state index is 0.626. The molecule has 9 nitrogen and oxygen atoms in total. The van der Waals surface area contributed by atoms with Crippen LogP contribution in [-0.2, 0) is 33.7 Å². The maximum absolute atomic E-state index is 12.6. The van der Waals surface area contributed by atoms with E-state index in [9.17, 15) is 65.5 Å². The standard InChI is InChI=1S/C5H5F5O2.C3H3F5O7S2/c1-2(11)12-3(4(6)7)5(8,9)10;4-2(5,6)1(9)3(7,8)16(10,11)15-17(12,13)14/h3-4H,1H3;1,9H,(H,12,13,14). The number of halogens is 10. The molecule has 0 heterocycles. The highest BCUT2D eigenvalue weighted by Gasteiger charge is 2.64. The number of carbonyl (C=O) groups excluding carboxylic acids is 1. The van der Waals surface area contributed by atoms with Crippen molar-refractivity contribution in [2.24, 2.45) is 0 Å². The topological polar surface area (TPSA) is 144 Å². The lowest BCUT2D eigenvalue weighted by Crippen LogP contribution is -2.50. The summed E-state index contributed by atoms with van der Waals surface area (Å²) in [6.07, 6.45) is -23.1. The summed E-state index contributed by atoms with van der Waals surface area (Å²) in [7, 11) is -12.7. The van der Waals surface area contributed by atoms with Gasteiger partial charge in [0.15, 0.2) is 0 Å². The summed E-state index contributed by atoms with van der Waals surface area (Å²) in [5.74, 6) is -1.39. The second kappa shape index (κ2) is 9.57. The Morgan fingerprint density at radius 3 is 1.45 bits per heavy atom. The molecule has 0 aliphatic carbocycles. The van der Waals surface area contributed by atoms with E-state index in [2.05, 4.69) is 8.37 Å². The van der Waals surface area contributed by atoms with Crippen LogP contribution in [0.2, 0.25) is 0 Å². The number of hydrogen-bond acceptors (Lipinski definition) is 8. The van der Waals surface area contributed by atoms with Crippen LogP contribution in [-0.4, -0.2) is 68.7 Å². The van der Waals surface area contributed by atoms with Gasteiger partial charge in [0, 0.05) is 6.92 Å². The first-order chi connectivity index (χ1) is 12.4. The second-order valence-corrected chi connectivity index (χ2v) is 7.21. The predicted molar refractivity (Wildman–Crippen MR) is 66.2 cm³/mol. The van der Waals surface area contributed by atoms with E-state index in [4.69, 9.17) is 9.66 Å². The third kappa shape index (κ3) is 10.2. The van der Waals surface area contributed by atoms with Crippen LogP contribution in [0.1, 0.15) is 6.92 Å². The highest BCUT2D eigenvalue weighted by atomic mass is 32.3. The molecule has 2 N–H and O–H groups in total. The second-order valence-electron chi connectivity index (χ2n) is 4.36. The zero-order valence-electron chi connectivity index (χ0n) is 13.1. The van der Waals surface area contributed by atoms with Crippen molar-refractivity contribution >= 4 is 26.5 Å². The zero-order chi connectivity index (χ0) is 24.2. The van der Waals surface area contributed by atoms with Gasteiger partial charge >= 0.3 is 44.1 Å². The van der Waals surface area contributed by atoms with E-state index in [1.54, 1.807) is 0 Å². The van der Waals surface area contributed by atoms with E-state index < -0.39 is 62.7 Å². The van der Waals surface area contributed by atoms with Crippen molar-refractivity contribution in [3.05, 3.63) is 0 Å². The van der Waals surface area contributed by atoms with Crippen molar-refractivity contribution in [1.29, 1.82) is 0 Å². The normalized spacial score (nSPS) is 15.9. The van der Waals surface area contributed by atoms with E-state index in [0.717, 1.165) is 0 Å². The van der Waals surface area contributed by atoms with Crippen molar-refractivity contribution < 1.29 is 83.6 Å². The van der Waals surface area contributed by atoms with Gasteiger partial charge in [-0.1, -0.05) is 0 Å². The molecule has 0 radical (unpaired) electrons. The van der Waals surface area contributed by atoms with Crippen molar-refractivity contribution in [3.63, 3.8) is 0 Å². The number of alkyl halides is 10. The van der Waals surface area contributed by atoms with E-state index in [-0.39, 0.29) is 0 Å². The monoisotopic (exact) mass is 502 g/mol. The molecule has 0 rings (SSSR count). The summed E-state index contributed by atoms with van der Waals surface area (Å²) in [6.45, 7) is 0.626. The number of ether oxygens (including phenoxy) is 1. The summed E-state index contributed by atoms with van der Waals surface area (Å²) in [5, 5.41) is 2.02. The maximum atomic E-state index is 12.6. The summed E-state index contributed by atoms with van der Waals surface area (Å²) >= 11 is 0. The summed E-state index contributed by atoms with van der Waals surface area (Å²) in [4.78, 5) is 9.95. The molecule has 29 heavy (non-hydrogen) atoms. The predicted octanol–water partition coefficient (Wildman–Crippen LogP) is 1.40. The average molecular weight is 502 g/mol. The summed E-state index contributed by atoms with van der Waals surface area (Å²) in [5.41, 5.74) is 0. The lowest BCUT2D eigenvalue weighted by molar-refractivity contribution is -0.248. The van der Waals surface area contributed by atoms with Crippen molar-refractivity contribution in [3.8, 4) is 0 Å². The smallest absolute Gasteiger partial charge is 0.431 e. The van der Waals surface area contributed by atoms with Crippen LogP contribution in [0.4, 0.5) is 43.9 Å². The Hall–Kier alpha value is -1.45. The van der Waals surface area contributed by atoms with Gasteiger partial charge in [-0.25, -0.2) is 8.78 Å². The van der Waals surface area contributed by atoms with Gasteiger partial charge < -0.3 is 9.84 Å². The molecule has 0 aromatic rings. The molecule has 0 aromatic carbocycles. The number of aliphatic hydroxyl groups excluding tert-OH is 1. The fraction of sp³-hybridized carbons (Fsp3) is 0.875. The van der Waals surface area contributed by atoms with Crippen LogP contribution in [0.5, 0.6) is 0 Å². The lowest BCUT2D eigenvalue weighted by Gasteiger charge is -2.22. The van der Waals surface area contributed by atoms with E-state index in [0.29, 0.717) is 6.92 Å². The van der Waals surface area contributed by atoms with Gasteiger partial charge in [0.05, 0.1) is 0 Å². The van der Waals surface area contributed by atoms with Gasteiger partial charge in [0.1, 0.15) is 0 Å². The molecule has 2 unspecified atom stereocenters. The Labute approximate surface area is 154 Å². The van der Waals surface area contributed by atoms with Crippen molar-refractivity contribution in [2.75, 3.05) is 0 Å². The first kappa shape index (κ1) is 29.7. The Kier molecular flexibility index (Phi) is 9.82. The molecule has 0 bridgehead atoms. The van der Waals surface area contributed by atoms with Gasteiger partial charge in [0.2, 0.25) is 6.10 Å². The summed E-state index contributed by atoms with van der Waals surface area (Å²) < 4.78 is 172. The molecule has 0 amide bonds. The first-order valence-corrected chi connectivity index (χ1v) is 8.71. The number of esters is 1. The Balaban J connectivity index is 0. The molecule has 0 spiro atoms. The molecule has 21 heteroatoms. The number of hydrogen-bond donors (Lipinski definition) is 2. The lowest BCUT2D eigenvalue weighted by atomic mass is 10.3. The van der Waals surface area contributed by atoms with Crippen molar-refractivity contribution in [1.82, 2.24) is 0 Å². The van der Waals surface area contributed by atoms with Gasteiger partial charge in [0.25, 0.3) is 12.5 Å². The van der Waals surface area contributed by atoms with Crippen molar-refractivity contribution in [2.45, 2.75) is 43.2 Å². The van der Waals surface area contributed by atoms with Crippen LogP contribution in [0.25, 0.3) is 0 Å². The Bertz CT molecular complexity index is 755. The first-order valence-electron chi connectivity index (χ1n) is 5.94. The van der Waals surface area contributed by atoms with Gasteiger partial charge in [-0.3, -0.25) is 9.35 Å². The minimum Gasteiger partial charge on any atom is -0.447 e. The molecule has 0 saturated carbocycles. The fourth-order valence-corrected chi connectivity index (χ4v) is 2.60.